The van der Waals surface area contributed by atoms with Crippen molar-refractivity contribution in [1.29, 1.82) is 0 Å². The molecular weight excluding hydrogens is 195 g/mol. The number of rotatable bonds is 2. The molecule has 0 bridgehead atoms. The van der Waals surface area contributed by atoms with Gasteiger partial charge in [-0.25, -0.2) is 4.39 Å². The maximum atomic E-state index is 12.7. The quantitative estimate of drug-likeness (QED) is 0.763. The van der Waals surface area contributed by atoms with Crippen molar-refractivity contribution in [3.05, 3.63) is 41.3 Å². The lowest BCUT2D eigenvalue weighted by Gasteiger charge is -1.97. The van der Waals surface area contributed by atoms with Crippen molar-refractivity contribution in [2.75, 3.05) is 0 Å². The molecular formula is C11H9FN2O. The van der Waals surface area contributed by atoms with Crippen LogP contribution in [-0.2, 0) is 0 Å². The first-order valence-electron chi connectivity index (χ1n) is 4.48. The fourth-order valence-electron chi connectivity index (χ4n) is 1.41. The lowest BCUT2D eigenvalue weighted by atomic mass is 10.1. The Morgan fingerprint density at radius 1 is 1.33 bits per heavy atom. The highest BCUT2D eigenvalue weighted by molar-refractivity contribution is 5.86. The fourth-order valence-corrected chi connectivity index (χ4v) is 1.41. The number of carbonyl (C=O) groups excluding carboxylic acids is 1. The van der Waals surface area contributed by atoms with Crippen molar-refractivity contribution in [3.63, 3.8) is 0 Å². The smallest absolute Gasteiger partial charge is 0.154 e. The summed E-state index contributed by atoms with van der Waals surface area (Å²) < 4.78 is 12.7. The summed E-state index contributed by atoms with van der Waals surface area (Å²) in [5.74, 6) is -0.307. The molecule has 1 aromatic carbocycles. The summed E-state index contributed by atoms with van der Waals surface area (Å²) in [4.78, 5) is 10.8. The van der Waals surface area contributed by atoms with Crippen molar-refractivity contribution < 1.29 is 9.18 Å². The number of hydrogen-bond acceptors (Lipinski definition) is 2. The normalized spacial score (nSPS) is 10.3. The standard InChI is InChI=1S/C11H9FN2O/c1-7-10(6-15)11(14-13-7)8-2-4-9(12)5-3-8/h2-6H,1H3,(H,13,14). The second-order valence-electron chi connectivity index (χ2n) is 3.24. The maximum absolute atomic E-state index is 12.7. The van der Waals surface area contributed by atoms with Gasteiger partial charge < -0.3 is 0 Å². The summed E-state index contributed by atoms with van der Waals surface area (Å²) in [6.45, 7) is 1.77. The molecule has 0 fully saturated rings. The monoisotopic (exact) mass is 204 g/mol. The number of aryl methyl sites for hydroxylation is 1. The maximum Gasteiger partial charge on any atom is 0.154 e. The minimum atomic E-state index is -0.307. The van der Waals surface area contributed by atoms with Crippen LogP contribution in [0.4, 0.5) is 4.39 Å². The van der Waals surface area contributed by atoms with E-state index in [-0.39, 0.29) is 5.82 Å². The molecule has 15 heavy (non-hydrogen) atoms. The van der Waals surface area contributed by atoms with Crippen molar-refractivity contribution >= 4 is 6.29 Å². The van der Waals surface area contributed by atoms with E-state index in [1.165, 1.54) is 12.1 Å². The minimum Gasteiger partial charge on any atom is -0.298 e. The van der Waals surface area contributed by atoms with Gasteiger partial charge in [0.25, 0.3) is 0 Å². The number of nitrogens with one attached hydrogen (secondary N) is 1. The third kappa shape index (κ3) is 1.66. The van der Waals surface area contributed by atoms with Crippen LogP contribution in [-0.4, -0.2) is 16.5 Å². The molecule has 76 valence electrons. The van der Waals surface area contributed by atoms with Crippen molar-refractivity contribution in [1.82, 2.24) is 10.2 Å². The summed E-state index contributed by atoms with van der Waals surface area (Å²) in [6.07, 6.45) is 0.748. The largest absolute Gasteiger partial charge is 0.298 e. The Hall–Kier alpha value is -1.97. The lowest BCUT2D eigenvalue weighted by molar-refractivity contribution is 0.112. The van der Waals surface area contributed by atoms with Gasteiger partial charge in [-0.1, -0.05) is 0 Å². The highest BCUT2D eigenvalue weighted by Gasteiger charge is 2.10. The van der Waals surface area contributed by atoms with Crippen LogP contribution >= 0.6 is 0 Å². The van der Waals surface area contributed by atoms with Crippen LogP contribution in [0.15, 0.2) is 24.3 Å². The number of halogens is 1. The highest BCUT2D eigenvalue weighted by atomic mass is 19.1. The van der Waals surface area contributed by atoms with Crippen LogP contribution in [0, 0.1) is 12.7 Å². The van der Waals surface area contributed by atoms with Gasteiger partial charge in [0, 0.05) is 11.3 Å². The zero-order valence-corrected chi connectivity index (χ0v) is 8.12. The first-order valence-corrected chi connectivity index (χ1v) is 4.48. The number of carbonyl (C=O) groups is 1. The van der Waals surface area contributed by atoms with Crippen molar-refractivity contribution in [2.24, 2.45) is 0 Å². The van der Waals surface area contributed by atoms with Gasteiger partial charge in [0.2, 0.25) is 0 Å². The second kappa shape index (κ2) is 3.65. The van der Waals surface area contributed by atoms with Gasteiger partial charge in [-0.2, -0.15) is 5.10 Å². The summed E-state index contributed by atoms with van der Waals surface area (Å²) in [7, 11) is 0. The third-order valence-electron chi connectivity index (χ3n) is 2.23. The molecule has 0 aliphatic carbocycles. The number of aldehydes is 1. The van der Waals surface area contributed by atoms with Gasteiger partial charge in [-0.05, 0) is 31.2 Å². The van der Waals surface area contributed by atoms with E-state index < -0.39 is 0 Å². The fraction of sp³-hybridized carbons (Fsp3) is 0.0909. The number of aromatic nitrogens is 2. The van der Waals surface area contributed by atoms with Crippen LogP contribution in [0.5, 0.6) is 0 Å². The van der Waals surface area contributed by atoms with Gasteiger partial charge in [0.05, 0.1) is 5.56 Å². The summed E-state index contributed by atoms with van der Waals surface area (Å²) in [6, 6.07) is 5.87. The zero-order chi connectivity index (χ0) is 10.8. The SMILES string of the molecule is Cc1[nH]nc(-c2ccc(F)cc2)c1C=O. The van der Waals surface area contributed by atoms with Gasteiger partial charge in [0.15, 0.2) is 6.29 Å². The van der Waals surface area contributed by atoms with Crippen LogP contribution in [0.1, 0.15) is 16.1 Å². The molecule has 2 aromatic rings. The molecule has 0 atom stereocenters. The van der Waals surface area contributed by atoms with E-state index in [0.717, 1.165) is 11.8 Å². The van der Waals surface area contributed by atoms with Crippen molar-refractivity contribution in [2.45, 2.75) is 6.92 Å². The molecule has 3 nitrogen and oxygen atoms in total. The molecule has 2 rings (SSSR count). The number of nitrogens with zero attached hydrogens (tertiary/aromatic N) is 1. The molecule has 0 radical (unpaired) electrons. The molecule has 1 aromatic heterocycles. The summed E-state index contributed by atoms with van der Waals surface area (Å²) in [5, 5.41) is 6.73. The Kier molecular flexibility index (Phi) is 2.33. The summed E-state index contributed by atoms with van der Waals surface area (Å²) >= 11 is 0. The molecule has 0 saturated carbocycles. The molecule has 1 N–H and O–H groups in total. The van der Waals surface area contributed by atoms with E-state index in [2.05, 4.69) is 10.2 Å². The topological polar surface area (TPSA) is 45.8 Å². The van der Waals surface area contributed by atoms with E-state index >= 15 is 0 Å². The molecule has 0 spiro atoms. The molecule has 0 amide bonds. The molecule has 0 unspecified atom stereocenters. The van der Waals surface area contributed by atoms with Crippen LogP contribution in [0.25, 0.3) is 11.3 Å². The molecule has 1 heterocycles. The van der Waals surface area contributed by atoms with Gasteiger partial charge in [0.1, 0.15) is 11.5 Å². The average Bonchev–Trinajstić information content (AvgIpc) is 2.61. The summed E-state index contributed by atoms with van der Waals surface area (Å²) in [5.41, 5.74) is 2.51. The second-order valence-corrected chi connectivity index (χ2v) is 3.24. The van der Waals surface area contributed by atoms with Crippen molar-refractivity contribution in [3.8, 4) is 11.3 Å². The van der Waals surface area contributed by atoms with Crippen LogP contribution in [0.3, 0.4) is 0 Å². The number of benzene rings is 1. The zero-order valence-electron chi connectivity index (χ0n) is 8.12. The highest BCUT2D eigenvalue weighted by Crippen LogP contribution is 2.22. The van der Waals surface area contributed by atoms with E-state index in [1.807, 2.05) is 0 Å². The van der Waals surface area contributed by atoms with E-state index in [0.29, 0.717) is 17.0 Å². The Morgan fingerprint density at radius 3 is 2.60 bits per heavy atom. The Labute approximate surface area is 85.9 Å². The number of hydrogen-bond donors (Lipinski definition) is 1. The first kappa shape index (κ1) is 9.58. The van der Waals surface area contributed by atoms with Gasteiger partial charge >= 0.3 is 0 Å². The minimum absolute atomic E-state index is 0.307. The van der Waals surface area contributed by atoms with E-state index in [9.17, 15) is 9.18 Å². The van der Waals surface area contributed by atoms with Crippen LogP contribution in [0.2, 0.25) is 0 Å². The molecule has 0 saturated heterocycles. The van der Waals surface area contributed by atoms with Gasteiger partial charge in [-0.3, -0.25) is 9.89 Å². The third-order valence-corrected chi connectivity index (χ3v) is 2.23. The molecule has 0 aliphatic rings. The Morgan fingerprint density at radius 2 is 2.00 bits per heavy atom. The predicted octanol–water partition coefficient (Wildman–Crippen LogP) is 2.34. The number of H-pyrrole nitrogens is 1. The first-order chi connectivity index (χ1) is 7.22. The Balaban J connectivity index is 2.53. The van der Waals surface area contributed by atoms with Crippen LogP contribution < -0.4 is 0 Å². The number of aromatic amines is 1. The molecule has 0 aliphatic heterocycles. The van der Waals surface area contributed by atoms with E-state index in [1.54, 1.807) is 19.1 Å². The van der Waals surface area contributed by atoms with E-state index in [4.69, 9.17) is 0 Å². The Bertz CT molecular complexity index is 488. The van der Waals surface area contributed by atoms with Gasteiger partial charge in [-0.15, -0.1) is 0 Å². The lowest BCUT2D eigenvalue weighted by Crippen LogP contribution is -1.86. The molecule has 4 heteroatoms. The predicted molar refractivity (Wildman–Crippen MR) is 54.1 cm³/mol. The average molecular weight is 204 g/mol.